The molecule has 3 rings (SSSR count). The summed E-state index contributed by atoms with van der Waals surface area (Å²) in [5.41, 5.74) is 0.941. The summed E-state index contributed by atoms with van der Waals surface area (Å²) in [6.07, 6.45) is 4.64. The van der Waals surface area contributed by atoms with Crippen molar-refractivity contribution in [2.75, 3.05) is 6.61 Å². The second-order valence-corrected chi connectivity index (χ2v) is 5.36. The van der Waals surface area contributed by atoms with Crippen LogP contribution in [0, 0.1) is 0 Å². The van der Waals surface area contributed by atoms with Crippen molar-refractivity contribution in [3.8, 4) is 0 Å². The minimum atomic E-state index is -0.523. The Morgan fingerprint density at radius 1 is 1.05 bits per heavy atom. The van der Waals surface area contributed by atoms with Gasteiger partial charge in [0.05, 0.1) is 12.7 Å². The average Bonchev–Trinajstić information content (AvgIpc) is 2.97. The largest absolute Gasteiger partial charge is 0.386 e. The number of aliphatic hydroxyl groups excluding tert-OH is 1. The maximum atomic E-state index is 10.2. The Morgan fingerprint density at radius 2 is 1.79 bits per heavy atom. The van der Waals surface area contributed by atoms with Gasteiger partial charge in [-0.2, -0.15) is 0 Å². The maximum Gasteiger partial charge on any atom is 0.102 e. The zero-order valence-corrected chi connectivity index (χ0v) is 11.1. The number of ether oxygens (including phenoxy) is 1. The van der Waals surface area contributed by atoms with Crippen molar-refractivity contribution in [3.63, 3.8) is 0 Å². The van der Waals surface area contributed by atoms with Crippen LogP contribution in [0.3, 0.4) is 0 Å². The Labute approximate surface area is 114 Å². The lowest BCUT2D eigenvalue weighted by molar-refractivity contribution is -0.00694. The second-order valence-electron chi connectivity index (χ2n) is 5.36. The Morgan fingerprint density at radius 3 is 2.58 bits per heavy atom. The summed E-state index contributed by atoms with van der Waals surface area (Å²) < 4.78 is 5.78. The van der Waals surface area contributed by atoms with E-state index in [1.54, 1.807) is 0 Å². The lowest BCUT2D eigenvalue weighted by atomic mass is 10.0. The van der Waals surface area contributed by atoms with Gasteiger partial charge in [-0.05, 0) is 35.2 Å². The monoisotopic (exact) mass is 256 g/mol. The van der Waals surface area contributed by atoms with Crippen molar-refractivity contribution in [2.24, 2.45) is 0 Å². The number of hydrogen-bond donors (Lipinski definition) is 1. The van der Waals surface area contributed by atoms with Crippen LogP contribution in [0.1, 0.15) is 37.4 Å². The molecule has 1 atom stereocenters. The molecule has 0 aliphatic heterocycles. The molecule has 0 radical (unpaired) electrons. The molecule has 100 valence electrons. The minimum Gasteiger partial charge on any atom is -0.386 e. The molecule has 1 N–H and O–H groups in total. The number of benzene rings is 2. The van der Waals surface area contributed by atoms with E-state index in [0.29, 0.717) is 12.7 Å². The van der Waals surface area contributed by atoms with Gasteiger partial charge in [-0.15, -0.1) is 0 Å². The lowest BCUT2D eigenvalue weighted by Gasteiger charge is -2.16. The molecule has 2 heteroatoms. The van der Waals surface area contributed by atoms with Crippen LogP contribution in [0.2, 0.25) is 0 Å². The lowest BCUT2D eigenvalue weighted by Crippen LogP contribution is -2.14. The Hall–Kier alpha value is -1.38. The number of aliphatic hydroxyl groups is 1. The summed E-state index contributed by atoms with van der Waals surface area (Å²) >= 11 is 0. The zero-order valence-electron chi connectivity index (χ0n) is 11.1. The summed E-state index contributed by atoms with van der Waals surface area (Å²) in [6, 6.07) is 14.3. The highest BCUT2D eigenvalue weighted by atomic mass is 16.5. The molecule has 1 unspecified atom stereocenters. The molecule has 0 aromatic heterocycles. The predicted molar refractivity (Wildman–Crippen MR) is 77.1 cm³/mol. The average molecular weight is 256 g/mol. The standard InChI is InChI=1S/C17H20O2/c18-17(12-19-16-7-3-4-8-16)15-10-9-13-5-1-2-6-14(13)11-15/h1-2,5-6,9-11,16-18H,3-4,7-8,12H2. The first-order valence-corrected chi connectivity index (χ1v) is 7.11. The predicted octanol–water partition coefficient (Wildman–Crippen LogP) is 3.83. The highest BCUT2D eigenvalue weighted by molar-refractivity contribution is 5.83. The van der Waals surface area contributed by atoms with Crippen molar-refractivity contribution in [3.05, 3.63) is 48.0 Å². The van der Waals surface area contributed by atoms with E-state index in [2.05, 4.69) is 24.3 Å². The normalized spacial score (nSPS) is 17.9. The van der Waals surface area contributed by atoms with Gasteiger partial charge >= 0.3 is 0 Å². The minimum absolute atomic E-state index is 0.357. The molecule has 19 heavy (non-hydrogen) atoms. The van der Waals surface area contributed by atoms with Crippen LogP contribution in [0.25, 0.3) is 10.8 Å². The van der Waals surface area contributed by atoms with Crippen molar-refractivity contribution < 1.29 is 9.84 Å². The van der Waals surface area contributed by atoms with Crippen molar-refractivity contribution in [1.29, 1.82) is 0 Å². The number of rotatable bonds is 4. The highest BCUT2D eigenvalue weighted by Crippen LogP contribution is 2.24. The Balaban J connectivity index is 1.68. The summed E-state index contributed by atoms with van der Waals surface area (Å²) in [5.74, 6) is 0. The topological polar surface area (TPSA) is 29.5 Å². The van der Waals surface area contributed by atoms with E-state index >= 15 is 0 Å². The molecule has 0 saturated heterocycles. The third-order valence-electron chi connectivity index (χ3n) is 3.95. The van der Waals surface area contributed by atoms with Gasteiger partial charge in [-0.3, -0.25) is 0 Å². The van der Waals surface area contributed by atoms with Crippen LogP contribution >= 0.6 is 0 Å². The third kappa shape index (κ3) is 2.96. The van der Waals surface area contributed by atoms with Crippen molar-refractivity contribution in [1.82, 2.24) is 0 Å². The summed E-state index contributed by atoms with van der Waals surface area (Å²) in [7, 11) is 0. The van der Waals surface area contributed by atoms with E-state index in [9.17, 15) is 5.11 Å². The van der Waals surface area contributed by atoms with Gasteiger partial charge in [-0.1, -0.05) is 49.2 Å². The van der Waals surface area contributed by atoms with Gasteiger partial charge in [0.15, 0.2) is 0 Å². The molecule has 1 aliphatic rings. The Kier molecular flexibility index (Phi) is 3.81. The quantitative estimate of drug-likeness (QED) is 0.900. The maximum absolute atomic E-state index is 10.2. The molecule has 0 amide bonds. The van der Waals surface area contributed by atoms with Crippen LogP contribution in [0.15, 0.2) is 42.5 Å². The fraction of sp³-hybridized carbons (Fsp3) is 0.412. The molecule has 2 nitrogen and oxygen atoms in total. The first kappa shape index (κ1) is 12.6. The van der Waals surface area contributed by atoms with Crippen LogP contribution in [0.4, 0.5) is 0 Å². The van der Waals surface area contributed by atoms with Crippen LogP contribution < -0.4 is 0 Å². The first-order chi connectivity index (χ1) is 9.33. The molecule has 1 aliphatic carbocycles. The van der Waals surface area contributed by atoms with Gasteiger partial charge in [0.1, 0.15) is 6.10 Å². The fourth-order valence-corrected chi connectivity index (χ4v) is 2.79. The molecule has 2 aromatic carbocycles. The Bertz CT molecular complexity index is 544. The molecule has 2 aromatic rings. The van der Waals surface area contributed by atoms with Gasteiger partial charge in [0, 0.05) is 0 Å². The van der Waals surface area contributed by atoms with Gasteiger partial charge in [-0.25, -0.2) is 0 Å². The van der Waals surface area contributed by atoms with E-state index in [1.807, 2.05) is 18.2 Å². The van der Waals surface area contributed by atoms with E-state index < -0.39 is 6.10 Å². The van der Waals surface area contributed by atoms with Crippen LogP contribution in [-0.4, -0.2) is 17.8 Å². The van der Waals surface area contributed by atoms with E-state index in [4.69, 9.17) is 4.74 Å². The van der Waals surface area contributed by atoms with E-state index in [1.165, 1.54) is 23.6 Å². The SMILES string of the molecule is OC(COC1CCCC1)c1ccc2ccccc2c1. The molecular weight excluding hydrogens is 236 g/mol. The summed E-state index contributed by atoms with van der Waals surface area (Å²) in [4.78, 5) is 0. The molecule has 1 fully saturated rings. The van der Waals surface area contributed by atoms with Crippen LogP contribution in [-0.2, 0) is 4.74 Å². The summed E-state index contributed by atoms with van der Waals surface area (Å²) in [6.45, 7) is 0.406. The van der Waals surface area contributed by atoms with Crippen LogP contribution in [0.5, 0.6) is 0 Å². The smallest absolute Gasteiger partial charge is 0.102 e. The molecule has 0 heterocycles. The summed E-state index contributed by atoms with van der Waals surface area (Å²) in [5, 5.41) is 12.6. The zero-order chi connectivity index (χ0) is 13.1. The third-order valence-corrected chi connectivity index (χ3v) is 3.95. The number of fused-ring (bicyclic) bond motifs is 1. The van der Waals surface area contributed by atoms with E-state index in [-0.39, 0.29) is 0 Å². The van der Waals surface area contributed by atoms with Gasteiger partial charge < -0.3 is 9.84 Å². The van der Waals surface area contributed by atoms with Gasteiger partial charge in [0.2, 0.25) is 0 Å². The molecule has 0 bridgehead atoms. The van der Waals surface area contributed by atoms with E-state index in [0.717, 1.165) is 18.4 Å². The van der Waals surface area contributed by atoms with Gasteiger partial charge in [0.25, 0.3) is 0 Å². The molecule has 0 spiro atoms. The molecular formula is C17H20O2. The molecule has 1 saturated carbocycles. The highest BCUT2D eigenvalue weighted by Gasteiger charge is 2.17. The van der Waals surface area contributed by atoms with Crippen molar-refractivity contribution >= 4 is 10.8 Å². The van der Waals surface area contributed by atoms with Crippen molar-refractivity contribution in [2.45, 2.75) is 37.9 Å². The fourth-order valence-electron chi connectivity index (χ4n) is 2.79. The number of hydrogen-bond acceptors (Lipinski definition) is 2. The first-order valence-electron chi connectivity index (χ1n) is 7.11. The second kappa shape index (κ2) is 5.72.